The molecule has 0 saturated carbocycles. The molecule has 0 bridgehead atoms. The van der Waals surface area contributed by atoms with Gasteiger partial charge in [-0.3, -0.25) is 5.41 Å². The first kappa shape index (κ1) is 22.1. The molecule has 0 radical (unpaired) electrons. The van der Waals surface area contributed by atoms with Crippen molar-refractivity contribution in [1.29, 1.82) is 5.41 Å². The topological polar surface area (TPSA) is 92.1 Å². The van der Waals surface area contributed by atoms with Crippen LogP contribution in [-0.4, -0.2) is 21.5 Å². The van der Waals surface area contributed by atoms with Crippen molar-refractivity contribution in [3.63, 3.8) is 0 Å². The number of nitrogens with two attached hydrogens (primary N) is 1. The first-order chi connectivity index (χ1) is 16.4. The largest absolute Gasteiger partial charge is 0.477 e. The maximum atomic E-state index is 12.1. The molecule has 0 aliphatic rings. The Morgan fingerprint density at radius 3 is 2.44 bits per heavy atom. The van der Waals surface area contributed by atoms with E-state index in [1.807, 2.05) is 54.6 Å². The molecule has 5 aromatic rings. The van der Waals surface area contributed by atoms with Gasteiger partial charge in [0.25, 0.3) is 0 Å². The molecule has 7 heteroatoms. The molecule has 5 nitrogen and oxygen atoms in total. The average Bonchev–Trinajstić information content (AvgIpc) is 3.20. The van der Waals surface area contributed by atoms with E-state index in [1.54, 1.807) is 40.6 Å². The zero-order valence-corrected chi connectivity index (χ0v) is 19.5. The number of carboxylic acids is 1. The highest BCUT2D eigenvalue weighted by atomic mass is 35.5. The second-order valence-electron chi connectivity index (χ2n) is 7.91. The summed E-state index contributed by atoms with van der Waals surface area (Å²) >= 11 is 8.56. The molecule has 1 aromatic heterocycles. The number of aromatic nitrogens is 1. The lowest BCUT2D eigenvalue weighted by Crippen LogP contribution is -2.12. The van der Waals surface area contributed by atoms with Gasteiger partial charge < -0.3 is 15.4 Å². The molecule has 1 heterocycles. The number of nitrogen functional groups attached to an aromatic ring is 1. The van der Waals surface area contributed by atoms with Gasteiger partial charge in [-0.1, -0.05) is 78.0 Å². The van der Waals surface area contributed by atoms with Crippen LogP contribution in [0.4, 0.5) is 0 Å². The molecule has 0 saturated heterocycles. The van der Waals surface area contributed by atoms with Crippen molar-refractivity contribution >= 4 is 56.8 Å². The molecule has 4 aromatic carbocycles. The van der Waals surface area contributed by atoms with Crippen LogP contribution in [0.3, 0.4) is 0 Å². The molecular weight excluding hydrogens is 466 g/mol. The molecule has 0 spiro atoms. The third-order valence-electron chi connectivity index (χ3n) is 5.78. The molecule has 0 fully saturated rings. The van der Waals surface area contributed by atoms with Crippen molar-refractivity contribution in [2.75, 3.05) is 0 Å². The Balaban J connectivity index is 1.71. The van der Waals surface area contributed by atoms with Crippen LogP contribution >= 0.6 is 23.4 Å². The van der Waals surface area contributed by atoms with Crippen molar-refractivity contribution in [2.24, 2.45) is 5.73 Å². The van der Waals surface area contributed by atoms with Gasteiger partial charge in [0, 0.05) is 26.3 Å². The van der Waals surface area contributed by atoms with E-state index in [1.165, 1.54) is 0 Å². The number of carboxylic acid groups (broad SMARTS) is 1. The number of hydrogen-bond donors (Lipinski definition) is 3. The van der Waals surface area contributed by atoms with E-state index in [0.29, 0.717) is 16.1 Å². The summed E-state index contributed by atoms with van der Waals surface area (Å²) in [7, 11) is 0. The third-order valence-corrected chi connectivity index (χ3v) is 7.37. The highest BCUT2D eigenvalue weighted by Gasteiger charge is 2.20. The maximum Gasteiger partial charge on any atom is 0.352 e. The molecular formula is C27H20ClN3O2S. The molecule has 5 rings (SSSR count). The number of carbonyl (C=O) groups is 1. The summed E-state index contributed by atoms with van der Waals surface area (Å²) in [5, 5.41) is 21.1. The van der Waals surface area contributed by atoms with E-state index in [2.05, 4.69) is 6.07 Å². The van der Waals surface area contributed by atoms with Crippen molar-refractivity contribution in [3.8, 4) is 0 Å². The van der Waals surface area contributed by atoms with Gasteiger partial charge in [0.15, 0.2) is 0 Å². The van der Waals surface area contributed by atoms with E-state index in [0.717, 1.165) is 31.5 Å². The average molecular weight is 486 g/mol. The van der Waals surface area contributed by atoms with Crippen LogP contribution in [0.2, 0.25) is 5.02 Å². The Morgan fingerprint density at radius 2 is 1.71 bits per heavy atom. The fourth-order valence-electron chi connectivity index (χ4n) is 4.14. The van der Waals surface area contributed by atoms with Crippen LogP contribution in [-0.2, 0) is 6.54 Å². The standard InChI is InChI=1S/C27H20ClN3O2S/c28-25-21(15-31-22-13-18(26(29)30)11-10-17(22)12-23(31)27(32)33)20-9-5-4-6-16(20)14-24(25)34-19-7-2-1-3-8-19/h1-14H,15H2,(H3,29,30)(H,32,33). The number of halogens is 1. The van der Waals surface area contributed by atoms with Crippen LogP contribution < -0.4 is 5.73 Å². The summed E-state index contributed by atoms with van der Waals surface area (Å²) in [6, 6.07) is 26.9. The highest BCUT2D eigenvalue weighted by molar-refractivity contribution is 7.99. The normalized spacial score (nSPS) is 11.2. The number of nitrogens with zero attached hydrogens (tertiary/aromatic N) is 1. The Labute approximate surface area is 205 Å². The summed E-state index contributed by atoms with van der Waals surface area (Å²) in [5.74, 6) is -1.10. The Morgan fingerprint density at radius 1 is 0.971 bits per heavy atom. The number of nitrogens with one attached hydrogen (secondary N) is 1. The molecule has 0 atom stereocenters. The second kappa shape index (κ2) is 8.89. The number of fused-ring (bicyclic) bond motifs is 2. The van der Waals surface area contributed by atoms with Gasteiger partial charge in [0.2, 0.25) is 0 Å². The summed E-state index contributed by atoms with van der Waals surface area (Å²) < 4.78 is 1.73. The molecule has 168 valence electrons. The minimum absolute atomic E-state index is 0.0729. The van der Waals surface area contributed by atoms with Crippen molar-refractivity contribution < 1.29 is 9.90 Å². The van der Waals surface area contributed by atoms with Gasteiger partial charge in [-0.25, -0.2) is 4.79 Å². The quantitative estimate of drug-likeness (QED) is 0.186. The predicted octanol–water partition coefficient (Wildman–Crippen LogP) is 6.63. The van der Waals surface area contributed by atoms with Gasteiger partial charge in [-0.05, 0) is 46.7 Å². The Hall–Kier alpha value is -3.74. The predicted molar refractivity (Wildman–Crippen MR) is 139 cm³/mol. The first-order valence-electron chi connectivity index (χ1n) is 10.6. The molecule has 0 aliphatic heterocycles. The van der Waals surface area contributed by atoms with Crippen LogP contribution in [0.5, 0.6) is 0 Å². The van der Waals surface area contributed by atoms with Crippen LogP contribution in [0.1, 0.15) is 21.6 Å². The van der Waals surface area contributed by atoms with E-state index in [9.17, 15) is 9.90 Å². The number of benzene rings is 4. The Kier molecular flexibility index (Phi) is 5.77. The van der Waals surface area contributed by atoms with Gasteiger partial charge in [-0.2, -0.15) is 0 Å². The van der Waals surface area contributed by atoms with E-state index < -0.39 is 5.97 Å². The minimum Gasteiger partial charge on any atom is -0.477 e. The zero-order chi connectivity index (χ0) is 23.8. The number of aromatic carboxylic acids is 1. The van der Waals surface area contributed by atoms with Gasteiger partial charge >= 0.3 is 5.97 Å². The van der Waals surface area contributed by atoms with Gasteiger partial charge in [0.1, 0.15) is 11.5 Å². The summed E-state index contributed by atoms with van der Waals surface area (Å²) in [6.07, 6.45) is 0. The first-order valence-corrected chi connectivity index (χ1v) is 11.8. The van der Waals surface area contributed by atoms with Crippen molar-refractivity contribution in [2.45, 2.75) is 16.3 Å². The lowest BCUT2D eigenvalue weighted by Gasteiger charge is -2.16. The summed E-state index contributed by atoms with van der Waals surface area (Å²) in [6.45, 7) is 0.259. The second-order valence-corrected chi connectivity index (χ2v) is 9.40. The van der Waals surface area contributed by atoms with E-state index >= 15 is 0 Å². The fraction of sp³-hybridized carbons (Fsp3) is 0.0370. The number of hydrogen-bond acceptors (Lipinski definition) is 3. The Bertz CT molecular complexity index is 1580. The number of rotatable bonds is 6. The highest BCUT2D eigenvalue weighted by Crippen LogP contribution is 2.40. The molecule has 0 aliphatic carbocycles. The van der Waals surface area contributed by atoms with Gasteiger partial charge in [0.05, 0.1) is 11.6 Å². The van der Waals surface area contributed by atoms with E-state index in [-0.39, 0.29) is 18.1 Å². The van der Waals surface area contributed by atoms with Crippen LogP contribution in [0.15, 0.2) is 94.7 Å². The summed E-state index contributed by atoms with van der Waals surface area (Å²) in [4.78, 5) is 14.1. The zero-order valence-electron chi connectivity index (χ0n) is 18.0. The minimum atomic E-state index is -1.03. The van der Waals surface area contributed by atoms with Crippen LogP contribution in [0, 0.1) is 5.41 Å². The molecule has 0 amide bonds. The van der Waals surface area contributed by atoms with Crippen molar-refractivity contribution in [1.82, 2.24) is 4.57 Å². The molecule has 34 heavy (non-hydrogen) atoms. The maximum absolute atomic E-state index is 12.1. The van der Waals surface area contributed by atoms with Crippen molar-refractivity contribution in [3.05, 3.63) is 107 Å². The fourth-order valence-corrected chi connectivity index (χ4v) is 5.42. The van der Waals surface area contributed by atoms with Gasteiger partial charge in [-0.15, -0.1) is 0 Å². The third kappa shape index (κ3) is 4.02. The van der Waals surface area contributed by atoms with Crippen LogP contribution in [0.25, 0.3) is 21.7 Å². The molecule has 4 N–H and O–H groups in total. The number of amidine groups is 1. The molecule has 0 unspecified atom stereocenters. The van der Waals surface area contributed by atoms with E-state index in [4.69, 9.17) is 22.7 Å². The SMILES string of the molecule is N=C(N)c1ccc2cc(C(=O)O)n(Cc3c(Cl)c(Sc4ccccc4)cc4ccccc34)c2c1. The lowest BCUT2D eigenvalue weighted by atomic mass is 10.0. The monoisotopic (exact) mass is 485 g/mol. The smallest absolute Gasteiger partial charge is 0.352 e. The lowest BCUT2D eigenvalue weighted by molar-refractivity contribution is 0.0686. The summed E-state index contributed by atoms with van der Waals surface area (Å²) in [5.41, 5.74) is 7.91.